The Morgan fingerprint density at radius 3 is 0.564 bits per heavy atom. The fourth-order valence-corrected chi connectivity index (χ4v) is 23.7. The van der Waals surface area contributed by atoms with Crippen LogP contribution in [-0.4, -0.2) is 442 Å². The zero-order valence-corrected chi connectivity index (χ0v) is 81.0. The maximum absolute atomic E-state index is 2.76. The Hall–Kier alpha value is -0.720. The monoisotopic (exact) mass is 1640 g/mol. The second-order valence-electron chi connectivity index (χ2n) is 42.9. The molecule has 0 aliphatic carbocycles. The smallest absolute Gasteiger partial charge is 0.0350 e. The summed E-state index contributed by atoms with van der Waals surface area (Å²) in [6, 6.07) is 8.05. The topological polar surface area (TPSA) is 58.3 Å². The first-order valence-corrected chi connectivity index (χ1v) is 51.5. The van der Waals surface area contributed by atoms with E-state index < -0.39 is 0 Å². The molecule has 6 unspecified atom stereocenters. The molecule has 0 spiro atoms. The molecule has 18 heteroatoms. The second kappa shape index (κ2) is 51.9. The molecular weight excluding hydrogens is 1440 g/mol. The molecule has 6 atom stereocenters. The van der Waals surface area contributed by atoms with Crippen molar-refractivity contribution in [1.82, 2.24) is 88.2 Å². The highest BCUT2D eigenvalue weighted by Gasteiger charge is 2.40. The maximum atomic E-state index is 2.76. The van der Waals surface area contributed by atoms with Gasteiger partial charge in [0.25, 0.3) is 0 Å². The molecule has 18 nitrogen and oxygen atoms in total. The van der Waals surface area contributed by atoms with Crippen molar-refractivity contribution in [2.24, 2.45) is 53.3 Å². The Bertz CT molecular complexity index is 2530. The van der Waals surface area contributed by atoms with Gasteiger partial charge in [-0.15, -0.1) is 0 Å². The number of nitrogens with zero attached hydrogens (tertiary/aromatic N) is 18. The molecule has 0 saturated carbocycles. The summed E-state index contributed by atoms with van der Waals surface area (Å²) in [6.45, 7) is 69.0. The molecule has 18 fully saturated rings. The summed E-state index contributed by atoms with van der Waals surface area (Å²) in [6.07, 6.45) is 38.0. The second-order valence-corrected chi connectivity index (χ2v) is 42.9. The first-order chi connectivity index (χ1) is 56.6. The largest absolute Gasteiger partial charge is 0.306 e. The van der Waals surface area contributed by atoms with Crippen molar-refractivity contribution in [3.63, 3.8) is 0 Å². The average molecular weight is 1640 g/mol. The molecule has 0 amide bonds. The van der Waals surface area contributed by atoms with E-state index in [1.54, 1.807) is 0 Å². The molecular formula is C99H198N18. The Morgan fingerprint density at radius 2 is 0.291 bits per heavy atom. The summed E-state index contributed by atoms with van der Waals surface area (Å²) >= 11 is 0. The fourth-order valence-electron chi connectivity index (χ4n) is 23.7. The number of likely N-dealkylation sites (N-methyl/N-ethyl adjacent to an activating group) is 6. The van der Waals surface area contributed by atoms with E-state index in [0.717, 1.165) is 108 Å². The van der Waals surface area contributed by atoms with Crippen LogP contribution in [0.1, 0.15) is 236 Å². The van der Waals surface area contributed by atoms with Crippen LogP contribution in [0.4, 0.5) is 0 Å². The Morgan fingerprint density at radius 1 is 0.128 bits per heavy atom. The molecule has 117 heavy (non-hydrogen) atoms. The van der Waals surface area contributed by atoms with E-state index in [2.05, 4.69) is 214 Å². The fraction of sp³-hybridized carbons (Fsp3) is 1.00. The van der Waals surface area contributed by atoms with E-state index in [1.807, 2.05) is 0 Å². The summed E-state index contributed by atoms with van der Waals surface area (Å²) in [7, 11) is 20.1. The van der Waals surface area contributed by atoms with Gasteiger partial charge in [-0.3, -0.25) is 34.3 Å². The van der Waals surface area contributed by atoms with Gasteiger partial charge in [0, 0.05) is 172 Å². The summed E-state index contributed by atoms with van der Waals surface area (Å²) < 4.78 is 0. The molecule has 684 valence electrons. The zero-order chi connectivity index (χ0) is 83.3. The van der Waals surface area contributed by atoms with E-state index in [4.69, 9.17) is 0 Å². The molecule has 0 bridgehead atoms. The first-order valence-electron chi connectivity index (χ1n) is 51.5. The van der Waals surface area contributed by atoms with Crippen LogP contribution in [0.25, 0.3) is 0 Å². The van der Waals surface area contributed by atoms with Gasteiger partial charge in [0.15, 0.2) is 0 Å². The third kappa shape index (κ3) is 31.9. The SMILES string of the molecule is CCC1CCN(C2CCN(C)C2)C1.CCC1CCN(C2CCN(C)C2)CC1.CCC1CCN(C2CCN(C)CC2)C1.CCC1CCN(C2CCN(C)CC2)CC1.CCC1CCN(C2CN(C)C2)C1.CCC1CCN(C2CN(C)C2)CC1.CCC1CN(C2CCN(C)C2)C1.CCC1CN(C2CCN(C)CC2)C1.CCC1CN(C2CN(C)C2)C1. The third-order valence-electron chi connectivity index (χ3n) is 34.0. The molecule has 0 radical (unpaired) electrons. The van der Waals surface area contributed by atoms with Crippen LogP contribution in [0.3, 0.4) is 0 Å². The van der Waals surface area contributed by atoms with Gasteiger partial charge in [-0.2, -0.15) is 0 Å². The zero-order valence-electron chi connectivity index (χ0n) is 81.0. The first kappa shape index (κ1) is 98.5. The lowest BCUT2D eigenvalue weighted by Crippen LogP contribution is -2.64. The van der Waals surface area contributed by atoms with E-state index >= 15 is 0 Å². The molecule has 18 rings (SSSR count). The lowest BCUT2D eigenvalue weighted by Gasteiger charge is -2.51. The van der Waals surface area contributed by atoms with Crippen molar-refractivity contribution in [3.8, 4) is 0 Å². The lowest BCUT2D eigenvalue weighted by molar-refractivity contribution is -0.0213. The molecule has 18 heterocycles. The minimum Gasteiger partial charge on any atom is -0.306 e. The summed E-state index contributed by atoms with van der Waals surface area (Å²) in [4.78, 5) is 46.3. The van der Waals surface area contributed by atoms with Crippen molar-refractivity contribution >= 4 is 0 Å². The van der Waals surface area contributed by atoms with Gasteiger partial charge in [0.05, 0.1) is 0 Å². The van der Waals surface area contributed by atoms with E-state index in [0.29, 0.717) is 0 Å². The molecule has 18 saturated heterocycles. The van der Waals surface area contributed by atoms with Crippen molar-refractivity contribution < 1.29 is 0 Å². The van der Waals surface area contributed by atoms with Gasteiger partial charge < -0.3 is 53.9 Å². The van der Waals surface area contributed by atoms with Crippen LogP contribution in [-0.2, 0) is 0 Å². The Kier molecular flexibility index (Phi) is 43.7. The van der Waals surface area contributed by atoms with Crippen molar-refractivity contribution in [2.45, 2.75) is 290 Å². The molecule has 0 aromatic carbocycles. The highest BCUT2D eigenvalue weighted by molar-refractivity contribution is 4.96. The van der Waals surface area contributed by atoms with Crippen LogP contribution in [0.2, 0.25) is 0 Å². The van der Waals surface area contributed by atoms with Gasteiger partial charge in [0.2, 0.25) is 0 Å². The van der Waals surface area contributed by atoms with Crippen LogP contribution < -0.4 is 0 Å². The van der Waals surface area contributed by atoms with Crippen molar-refractivity contribution in [3.05, 3.63) is 0 Å². The number of rotatable bonds is 18. The molecule has 0 aromatic rings. The number of hydrogen-bond donors (Lipinski definition) is 0. The minimum atomic E-state index is 0.873. The molecule has 18 aliphatic rings. The maximum Gasteiger partial charge on any atom is 0.0350 e. The summed E-state index contributed by atoms with van der Waals surface area (Å²) in [5, 5.41) is 0. The van der Waals surface area contributed by atoms with Crippen LogP contribution in [0, 0.1) is 53.3 Å². The van der Waals surface area contributed by atoms with Gasteiger partial charge >= 0.3 is 0 Å². The van der Waals surface area contributed by atoms with Gasteiger partial charge in [-0.25, -0.2) is 0 Å². The number of piperidine rings is 6. The van der Waals surface area contributed by atoms with Gasteiger partial charge in [-0.1, -0.05) is 120 Å². The van der Waals surface area contributed by atoms with E-state index in [-0.39, 0.29) is 0 Å². The lowest BCUT2D eigenvalue weighted by atomic mass is 9.92. The molecule has 18 aliphatic heterocycles. The van der Waals surface area contributed by atoms with Crippen LogP contribution >= 0.6 is 0 Å². The predicted octanol–water partition coefficient (Wildman–Crippen LogP) is 12.8. The highest BCUT2D eigenvalue weighted by atomic mass is 15.3. The van der Waals surface area contributed by atoms with Gasteiger partial charge in [0.1, 0.15) is 0 Å². The van der Waals surface area contributed by atoms with Crippen LogP contribution in [0.15, 0.2) is 0 Å². The average Bonchev–Trinajstić information content (AvgIpc) is 1.63. The normalized spacial score (nSPS) is 31.8. The molecule has 0 aromatic heterocycles. The summed E-state index contributed by atoms with van der Waals surface area (Å²) in [5.74, 6) is 9.08. The van der Waals surface area contributed by atoms with E-state index in [1.165, 1.54) is 409 Å². The third-order valence-corrected chi connectivity index (χ3v) is 34.0. The van der Waals surface area contributed by atoms with Crippen LogP contribution in [0.5, 0.6) is 0 Å². The quantitative estimate of drug-likeness (QED) is 0.131. The number of hydrogen-bond acceptors (Lipinski definition) is 18. The Labute approximate surface area is 726 Å². The summed E-state index contributed by atoms with van der Waals surface area (Å²) in [5.41, 5.74) is 0. The predicted molar refractivity (Wildman–Crippen MR) is 503 cm³/mol. The molecule has 0 N–H and O–H groups in total. The van der Waals surface area contributed by atoms with Gasteiger partial charge in [-0.05, 0) is 350 Å². The van der Waals surface area contributed by atoms with Crippen molar-refractivity contribution in [2.75, 3.05) is 299 Å². The van der Waals surface area contributed by atoms with Crippen molar-refractivity contribution in [1.29, 1.82) is 0 Å². The highest BCUT2D eigenvalue weighted by Crippen LogP contribution is 2.34. The van der Waals surface area contributed by atoms with E-state index in [9.17, 15) is 0 Å². The Balaban J connectivity index is 0.000000139. The standard InChI is InChI=1S/C13H26N2.2C12H24N2.3C11H22N2.2C10H20N2.C9H18N2/c1-3-12-4-10-15(11-5-12)13-6-8-14(2)9-7-13;1-3-11-4-8-14(9-5-11)12-6-7-13(2)10-12;1-3-11-4-9-14(10-11)12-5-7-13(2)8-6-12;1-3-10-4-7-13(8-10)11-5-6-12(2)9-11;1-3-10-8-13(9-10)11-4-6-12(2)7-5-11;1-3-10-4-6-13(7-5-10)11-8-12(2)9-11;1-3-9-6-12(7-9)10-4-5-11(2)8-10;1-3-9-4-5-12(6-9)10-7-11(2)8-10;1-3-8-4-11(5-8)9-6-10(2)7-9/h12-13H,3-11H2,1-2H3;2*11-12H,3-10H2,1-2H3;3*10-11H,3-9H2,1-2H3;2*9-10H,3-8H2,1-2H3;8-9H,3-7H2,1-2H3. The number of likely N-dealkylation sites (tertiary alicyclic amines) is 18. The minimum absolute atomic E-state index is 0.873.